The molecule has 0 saturated carbocycles. The van der Waals surface area contributed by atoms with Crippen molar-refractivity contribution >= 4 is 35.8 Å². The van der Waals surface area contributed by atoms with E-state index in [2.05, 4.69) is 0 Å². The topological polar surface area (TPSA) is 309 Å². The van der Waals surface area contributed by atoms with Crippen molar-refractivity contribution in [3.8, 4) is 0 Å². The van der Waals surface area contributed by atoms with E-state index in [1.807, 2.05) is 12.9 Å². The standard InChI is InChI=1S/C25H48N4O9.C13H23N4O7.Gd/c1-21(22(31)9-7-5-3-2-4-6-8-16-30)28-13-12-26(17-23(32)33)10-11-27(18-24(34)35)20-38-29(15-14-28)19-25(36)37;18-11(19)7-15-3-1-14-2-4-17(9-13(22)23)24-10-16(6-5-15)8-12(20)21;/h21-22,30-31H,2-20H2,1H3,(H,32,33)(H,34,35)(H,36,37);1-10H2,(H,18,19)(H,20,21)(H,22,23);/q;-1;+1. The molecule has 2 aliphatic heterocycles. The molecule has 0 bridgehead atoms. The van der Waals surface area contributed by atoms with Crippen molar-refractivity contribution in [2.45, 2.75) is 70.4 Å². The third-order valence-electron chi connectivity index (χ3n) is 10.2. The summed E-state index contributed by atoms with van der Waals surface area (Å²) in [4.78, 5) is 86.5. The van der Waals surface area contributed by atoms with E-state index in [1.54, 1.807) is 48.1 Å². The Hall–Kier alpha value is -2.34. The second-order valence-corrected chi connectivity index (χ2v) is 16.9. The molecular formula is C38H71GdN8O16. The second kappa shape index (κ2) is 34.9. The summed E-state index contributed by atoms with van der Waals surface area (Å²) in [6.45, 7) is 5.04. The van der Waals surface area contributed by atoms with Gasteiger partial charge < -0.3 is 25.5 Å². The fourth-order valence-electron chi connectivity index (χ4n) is 6.70. The first kappa shape index (κ1) is 58.7. The average Bonchev–Trinajstić information content (AvgIpc) is 3.19. The normalized spacial score (nSPS) is 19.8. The zero-order valence-electron chi connectivity index (χ0n) is 36.4. The van der Waals surface area contributed by atoms with Gasteiger partial charge in [0.2, 0.25) is 0 Å². The zero-order valence-corrected chi connectivity index (χ0v) is 38.7. The maximum atomic E-state index is 11.4. The summed E-state index contributed by atoms with van der Waals surface area (Å²) in [7, 11) is 0. The molecule has 0 aromatic heterocycles. The Morgan fingerprint density at radius 1 is 0.476 bits per heavy atom. The Balaban J connectivity index is 0.000000686. The van der Waals surface area contributed by atoms with E-state index in [4.69, 9.17) is 30.1 Å². The van der Waals surface area contributed by atoms with Crippen molar-refractivity contribution in [3.63, 3.8) is 0 Å². The van der Waals surface area contributed by atoms with E-state index in [0.717, 1.165) is 44.9 Å². The van der Waals surface area contributed by atoms with Crippen molar-refractivity contribution in [3.05, 3.63) is 0 Å². The molecule has 2 rings (SSSR count). The van der Waals surface area contributed by atoms with Gasteiger partial charge in [0.1, 0.15) is 13.3 Å². The van der Waals surface area contributed by atoms with Gasteiger partial charge in [-0.15, -0.1) is 0 Å². The number of carboxylic acid groups (broad SMARTS) is 6. The average molecular weight is 1050 g/mol. The Kier molecular flexibility index (Phi) is 32.5. The number of aliphatic hydroxyl groups excluding tert-OH is 2. The van der Waals surface area contributed by atoms with Crippen LogP contribution in [-0.2, 0) is 38.4 Å². The van der Waals surface area contributed by atoms with Crippen LogP contribution in [0.4, 0.5) is 0 Å². The van der Waals surface area contributed by atoms with Gasteiger partial charge in [-0.05, 0) is 19.8 Å². The van der Waals surface area contributed by atoms with Gasteiger partial charge in [0.05, 0.1) is 19.2 Å². The van der Waals surface area contributed by atoms with Crippen LogP contribution in [0.3, 0.4) is 0 Å². The molecule has 0 aromatic rings. The molecule has 63 heavy (non-hydrogen) atoms. The van der Waals surface area contributed by atoms with Crippen LogP contribution in [0.15, 0.2) is 0 Å². The molecule has 2 heterocycles. The molecule has 2 fully saturated rings. The van der Waals surface area contributed by atoms with Crippen LogP contribution in [0.2, 0.25) is 0 Å². The van der Waals surface area contributed by atoms with Crippen LogP contribution in [0.1, 0.15) is 58.3 Å². The van der Waals surface area contributed by atoms with E-state index in [-0.39, 0.29) is 78.5 Å². The number of carbonyl (C=O) groups is 6. The number of aliphatic carboxylic acids is 6. The van der Waals surface area contributed by atoms with Crippen LogP contribution in [0.5, 0.6) is 0 Å². The van der Waals surface area contributed by atoms with Crippen molar-refractivity contribution in [2.75, 3.05) is 138 Å². The van der Waals surface area contributed by atoms with E-state index >= 15 is 0 Å². The number of hydrogen-bond donors (Lipinski definition) is 8. The number of unbranched alkanes of at least 4 members (excludes halogenated alkanes) is 6. The summed E-state index contributed by atoms with van der Waals surface area (Å²) in [6.07, 6.45) is 7.11. The molecule has 0 amide bonds. The Morgan fingerprint density at radius 3 is 1.25 bits per heavy atom. The van der Waals surface area contributed by atoms with E-state index in [1.165, 1.54) is 19.9 Å². The van der Waals surface area contributed by atoms with Crippen LogP contribution in [0.25, 0.3) is 0 Å². The number of rotatable bonds is 23. The molecule has 2 saturated heterocycles. The summed E-state index contributed by atoms with van der Waals surface area (Å²) >= 11 is 1.64. The molecule has 0 spiro atoms. The number of hydrogen-bond acceptors (Lipinski definition) is 18. The van der Waals surface area contributed by atoms with Crippen molar-refractivity contribution in [1.29, 1.82) is 0 Å². The van der Waals surface area contributed by atoms with Crippen LogP contribution in [-0.4, -0.2) is 262 Å². The van der Waals surface area contributed by atoms with Crippen molar-refractivity contribution < 1.29 is 118 Å². The molecule has 8 N–H and O–H groups in total. The summed E-state index contributed by atoms with van der Waals surface area (Å²) in [6, 6.07) is -0.232. The molecule has 2 unspecified atom stereocenters. The molecule has 25 heteroatoms. The van der Waals surface area contributed by atoms with E-state index in [9.17, 15) is 49.2 Å². The fraction of sp³-hybridized carbons (Fsp3) is 0.842. The molecule has 24 nitrogen and oxygen atoms in total. The molecule has 0 aliphatic carbocycles. The molecule has 0 radical (unpaired) electrons. The summed E-state index contributed by atoms with van der Waals surface area (Å²) in [5.41, 5.74) is 0. The third-order valence-corrected chi connectivity index (χ3v) is 11.3. The van der Waals surface area contributed by atoms with Gasteiger partial charge in [0, 0.05) is 51.9 Å². The predicted octanol–water partition coefficient (Wildman–Crippen LogP) is -1.97. The van der Waals surface area contributed by atoms with Crippen LogP contribution in [0, 0.1) is 38.3 Å². The van der Waals surface area contributed by atoms with Gasteiger partial charge in [0.15, 0.2) is 0 Å². The monoisotopic (exact) mass is 1050 g/mol. The summed E-state index contributed by atoms with van der Waals surface area (Å²) in [5, 5.41) is 77.1. The summed E-state index contributed by atoms with van der Waals surface area (Å²) in [5.74, 6) is -6.13. The second-order valence-electron chi connectivity index (χ2n) is 15.5. The Bertz CT molecular complexity index is 1280. The minimum atomic E-state index is -1.08. The maximum absolute atomic E-state index is 11.4. The molecule has 2 aliphatic rings. The van der Waals surface area contributed by atoms with E-state index < -0.39 is 41.9 Å². The molecule has 0 aromatic carbocycles. The number of carboxylic acids is 6. The molecular weight excluding hydrogens is 982 g/mol. The van der Waals surface area contributed by atoms with Gasteiger partial charge in [-0.25, -0.2) is 0 Å². The van der Waals surface area contributed by atoms with Gasteiger partial charge in [-0.2, -0.15) is 5.06 Å². The van der Waals surface area contributed by atoms with Gasteiger partial charge >= 0.3 is 190 Å². The zero-order chi connectivity index (χ0) is 47.2. The van der Waals surface area contributed by atoms with E-state index in [0.29, 0.717) is 71.9 Å². The number of aliphatic hydroxyl groups is 2. The van der Waals surface area contributed by atoms with Crippen LogP contribution >= 0.6 is 0 Å². The number of nitrogens with zero attached hydrogens (tertiary/aromatic N) is 8. The van der Waals surface area contributed by atoms with Crippen LogP contribution < -0.4 is 0 Å². The molecule has 367 valence electrons. The fourth-order valence-corrected chi connectivity index (χ4v) is 7.15. The number of hydroxylamine groups is 4. The first-order valence-electron chi connectivity index (χ1n) is 21.3. The first-order valence-corrected chi connectivity index (χ1v) is 22.3. The first-order chi connectivity index (χ1) is 29.9. The Morgan fingerprint density at radius 2 is 0.810 bits per heavy atom. The molecule has 2 atom stereocenters. The quantitative estimate of drug-likeness (QED) is 0.0515. The third kappa shape index (κ3) is 31.3. The van der Waals surface area contributed by atoms with Crippen molar-refractivity contribution in [1.82, 2.24) is 35.7 Å². The predicted molar refractivity (Wildman–Crippen MR) is 220 cm³/mol. The van der Waals surface area contributed by atoms with Gasteiger partial charge in [-0.3, -0.25) is 33.9 Å². The van der Waals surface area contributed by atoms with Gasteiger partial charge in [0.25, 0.3) is 0 Å². The minimum absolute atomic E-state index is 0.0769. The van der Waals surface area contributed by atoms with Gasteiger partial charge in [-0.1, -0.05) is 38.5 Å². The summed E-state index contributed by atoms with van der Waals surface area (Å²) < 4.78 is 1.99. The van der Waals surface area contributed by atoms with Crippen molar-refractivity contribution in [2.24, 2.45) is 0 Å². The SMILES string of the molecule is CC(C(O)CCCCCCCCCO)N1CCN(CC(=O)O)CCN(CC(=O)O)CON(CC(=O)O)CC1.O=C(O)CN1CC[N]([Gd])CCN(CC(=O)O)OCN(CC(=O)O)CC1. The Labute approximate surface area is 395 Å².